The number of rotatable bonds is 7. The van der Waals surface area contributed by atoms with Gasteiger partial charge in [0.1, 0.15) is 12.4 Å². The van der Waals surface area contributed by atoms with E-state index in [2.05, 4.69) is 16.3 Å². The summed E-state index contributed by atoms with van der Waals surface area (Å²) in [6, 6.07) is 27.8. The number of aromatic nitrogens is 3. The van der Waals surface area contributed by atoms with E-state index in [1.54, 1.807) is 11.8 Å². The molecule has 2 heterocycles. The summed E-state index contributed by atoms with van der Waals surface area (Å²) < 4.78 is 7.95. The van der Waals surface area contributed by atoms with Crippen LogP contribution < -0.4 is 10.5 Å². The molecule has 0 spiro atoms. The lowest BCUT2D eigenvalue weighted by molar-refractivity contribution is 0.306. The van der Waals surface area contributed by atoms with Gasteiger partial charge in [-0.05, 0) is 47.5 Å². The van der Waals surface area contributed by atoms with Gasteiger partial charge in [-0.25, -0.2) is 0 Å². The largest absolute Gasteiger partial charge is 0.489 e. The molecule has 5 rings (SSSR count). The first-order chi connectivity index (χ1) is 16.2. The van der Waals surface area contributed by atoms with Gasteiger partial charge in [0.15, 0.2) is 11.5 Å². The van der Waals surface area contributed by atoms with Crippen LogP contribution in [-0.4, -0.2) is 14.6 Å². The number of pyridine rings is 1. The number of nitrogens with two attached hydrogens (primary N) is 1. The minimum absolute atomic E-state index is 0.476. The average molecular weight is 473 g/mol. The van der Waals surface area contributed by atoms with Crippen molar-refractivity contribution in [2.75, 3.05) is 0 Å². The maximum absolute atomic E-state index is 6.56. The molecule has 5 nitrogen and oxygen atoms in total. The Morgan fingerprint density at radius 2 is 1.73 bits per heavy atom. The van der Waals surface area contributed by atoms with Crippen LogP contribution in [0.25, 0.3) is 17.0 Å². The highest BCUT2D eigenvalue weighted by Crippen LogP contribution is 2.34. The van der Waals surface area contributed by atoms with Crippen LogP contribution in [0.15, 0.2) is 101 Å². The van der Waals surface area contributed by atoms with E-state index in [1.807, 2.05) is 89.5 Å². The molecule has 0 atom stereocenters. The van der Waals surface area contributed by atoms with Crippen molar-refractivity contribution in [2.45, 2.75) is 22.9 Å². The molecule has 2 N–H and O–H groups in total. The van der Waals surface area contributed by atoms with E-state index >= 15 is 0 Å². The normalized spacial score (nSPS) is 11.1. The molecule has 3 aromatic carbocycles. The summed E-state index contributed by atoms with van der Waals surface area (Å²) in [5.41, 5.74) is 9.62. The molecule has 0 aliphatic carbocycles. The lowest BCUT2D eigenvalue weighted by Gasteiger charge is -2.10. The molecule has 0 saturated heterocycles. The number of nitrogens with zero attached hydrogens (tertiary/aromatic N) is 3. The van der Waals surface area contributed by atoms with Crippen LogP contribution in [0.1, 0.15) is 11.1 Å². The lowest BCUT2D eigenvalue weighted by Crippen LogP contribution is -1.98. The molecule has 164 valence electrons. The van der Waals surface area contributed by atoms with Crippen LogP contribution in [0.5, 0.6) is 5.75 Å². The number of fused-ring (bicyclic) bond motifs is 1. The van der Waals surface area contributed by atoms with Gasteiger partial charge in [-0.1, -0.05) is 71.9 Å². The van der Waals surface area contributed by atoms with E-state index in [-0.39, 0.29) is 0 Å². The molecular formula is C26H21ClN4OS. The Balaban J connectivity index is 1.46. The van der Waals surface area contributed by atoms with Crippen molar-refractivity contribution in [3.63, 3.8) is 0 Å². The highest BCUT2D eigenvalue weighted by Gasteiger charge is 2.14. The fraction of sp³-hybridized carbons (Fsp3) is 0.0769. The number of hydrogen-bond acceptors (Lipinski definition) is 5. The second kappa shape index (κ2) is 9.67. The zero-order chi connectivity index (χ0) is 22.6. The van der Waals surface area contributed by atoms with Crippen LogP contribution in [0.4, 0.5) is 0 Å². The highest BCUT2D eigenvalue weighted by molar-refractivity contribution is 7.99. The molecule has 0 aliphatic heterocycles. The average Bonchev–Trinajstić information content (AvgIpc) is 3.27. The third kappa shape index (κ3) is 4.73. The SMILES string of the molecule is NCc1ccccc1Sc1ccc2nnc(-c3cc(OCc4ccccc4)ccc3Cl)n2c1. The second-order valence-corrected chi connectivity index (χ2v) is 8.97. The minimum atomic E-state index is 0.476. The molecule has 0 radical (unpaired) electrons. The van der Waals surface area contributed by atoms with E-state index in [9.17, 15) is 0 Å². The Bertz CT molecular complexity index is 1400. The van der Waals surface area contributed by atoms with Crippen LogP contribution in [-0.2, 0) is 13.2 Å². The summed E-state index contributed by atoms with van der Waals surface area (Å²) in [6.07, 6.45) is 2.02. The van der Waals surface area contributed by atoms with Gasteiger partial charge in [-0.15, -0.1) is 10.2 Å². The third-order valence-corrected chi connectivity index (χ3v) is 6.65. The summed E-state index contributed by atoms with van der Waals surface area (Å²) in [5.74, 6) is 1.38. The van der Waals surface area contributed by atoms with Gasteiger partial charge in [0, 0.05) is 28.1 Å². The summed E-state index contributed by atoms with van der Waals surface area (Å²) in [6.45, 7) is 0.971. The van der Waals surface area contributed by atoms with E-state index in [0.29, 0.717) is 24.0 Å². The summed E-state index contributed by atoms with van der Waals surface area (Å²) >= 11 is 8.22. The number of ether oxygens (including phenoxy) is 1. The first-order valence-corrected chi connectivity index (χ1v) is 11.7. The van der Waals surface area contributed by atoms with Crippen molar-refractivity contribution in [3.05, 3.63) is 107 Å². The first-order valence-electron chi connectivity index (χ1n) is 10.5. The molecule has 0 unspecified atom stereocenters. The molecular weight excluding hydrogens is 452 g/mol. The Morgan fingerprint density at radius 1 is 0.909 bits per heavy atom. The number of benzene rings is 3. The molecule has 2 aromatic heterocycles. The van der Waals surface area contributed by atoms with Crippen LogP contribution in [0, 0.1) is 0 Å². The fourth-order valence-electron chi connectivity index (χ4n) is 3.52. The molecule has 0 bridgehead atoms. The Labute approximate surface area is 201 Å². The molecule has 0 aliphatic rings. The van der Waals surface area contributed by atoms with Gasteiger partial charge >= 0.3 is 0 Å². The predicted octanol–water partition coefficient (Wildman–Crippen LogP) is 6.24. The van der Waals surface area contributed by atoms with Gasteiger partial charge in [-0.3, -0.25) is 4.40 Å². The van der Waals surface area contributed by atoms with E-state index in [4.69, 9.17) is 22.1 Å². The summed E-state index contributed by atoms with van der Waals surface area (Å²) in [4.78, 5) is 2.18. The van der Waals surface area contributed by atoms with Crippen LogP contribution in [0.3, 0.4) is 0 Å². The van der Waals surface area contributed by atoms with Crippen LogP contribution >= 0.6 is 23.4 Å². The predicted molar refractivity (Wildman–Crippen MR) is 133 cm³/mol. The van der Waals surface area contributed by atoms with Crippen molar-refractivity contribution < 1.29 is 4.74 Å². The second-order valence-electron chi connectivity index (χ2n) is 7.45. The van der Waals surface area contributed by atoms with E-state index in [0.717, 1.165) is 37.9 Å². The van der Waals surface area contributed by atoms with Gasteiger partial charge < -0.3 is 10.5 Å². The fourth-order valence-corrected chi connectivity index (χ4v) is 4.70. The molecule has 5 aromatic rings. The quantitative estimate of drug-likeness (QED) is 0.304. The smallest absolute Gasteiger partial charge is 0.170 e. The third-order valence-electron chi connectivity index (χ3n) is 5.22. The Kier molecular flexibility index (Phi) is 6.30. The van der Waals surface area contributed by atoms with Crippen molar-refractivity contribution in [3.8, 4) is 17.1 Å². The maximum atomic E-state index is 6.56. The summed E-state index contributed by atoms with van der Waals surface area (Å²) in [7, 11) is 0. The van der Waals surface area contributed by atoms with E-state index in [1.165, 1.54) is 0 Å². The van der Waals surface area contributed by atoms with E-state index < -0.39 is 0 Å². The molecule has 33 heavy (non-hydrogen) atoms. The topological polar surface area (TPSA) is 65.4 Å². The van der Waals surface area contributed by atoms with Gasteiger partial charge in [-0.2, -0.15) is 0 Å². The zero-order valence-electron chi connectivity index (χ0n) is 17.7. The molecule has 7 heteroatoms. The summed E-state index contributed by atoms with van der Waals surface area (Å²) in [5, 5.41) is 9.32. The number of hydrogen-bond donors (Lipinski definition) is 1. The van der Waals surface area contributed by atoms with Crippen molar-refractivity contribution in [2.24, 2.45) is 5.73 Å². The monoisotopic (exact) mass is 472 g/mol. The Hall–Kier alpha value is -3.32. The first kappa shape index (κ1) is 21.5. The standard InChI is InChI=1S/C26H21ClN4OS/c27-23-12-10-20(32-17-18-6-2-1-3-7-18)14-22(23)26-30-29-25-13-11-21(16-31(25)26)33-24-9-5-4-8-19(24)15-28/h1-14,16H,15,17,28H2. The maximum Gasteiger partial charge on any atom is 0.170 e. The molecule has 0 amide bonds. The highest BCUT2D eigenvalue weighted by atomic mass is 35.5. The Morgan fingerprint density at radius 3 is 2.58 bits per heavy atom. The van der Waals surface area contributed by atoms with Crippen molar-refractivity contribution >= 4 is 29.0 Å². The lowest BCUT2D eigenvalue weighted by atomic mass is 10.2. The number of halogens is 1. The van der Waals surface area contributed by atoms with Crippen molar-refractivity contribution in [1.29, 1.82) is 0 Å². The van der Waals surface area contributed by atoms with Gasteiger partial charge in [0.25, 0.3) is 0 Å². The zero-order valence-corrected chi connectivity index (χ0v) is 19.3. The van der Waals surface area contributed by atoms with Gasteiger partial charge in [0.2, 0.25) is 0 Å². The van der Waals surface area contributed by atoms with Gasteiger partial charge in [0.05, 0.1) is 5.02 Å². The minimum Gasteiger partial charge on any atom is -0.489 e. The molecule has 0 saturated carbocycles. The van der Waals surface area contributed by atoms with Crippen molar-refractivity contribution in [1.82, 2.24) is 14.6 Å². The molecule has 0 fully saturated rings. The van der Waals surface area contributed by atoms with Crippen LogP contribution in [0.2, 0.25) is 5.02 Å².